The number of nitrogens with one attached hydrogen (secondary N) is 1. The first kappa shape index (κ1) is 13.6. The maximum atomic E-state index is 4.60. The third-order valence-electron chi connectivity index (χ3n) is 3.88. The molecule has 1 fully saturated rings. The maximum Gasteiger partial charge on any atom is 0.178 e. The molecule has 8 heteroatoms. The highest BCUT2D eigenvalue weighted by Gasteiger charge is 2.27. The zero-order valence-corrected chi connectivity index (χ0v) is 13.1. The van der Waals surface area contributed by atoms with Gasteiger partial charge in [-0.05, 0) is 19.1 Å². The quantitative estimate of drug-likeness (QED) is 0.761. The minimum Gasteiger partial charge on any atom is -0.354 e. The van der Waals surface area contributed by atoms with E-state index in [0.29, 0.717) is 5.92 Å². The number of rotatable bonds is 5. The first-order valence-corrected chi connectivity index (χ1v) is 8.20. The van der Waals surface area contributed by atoms with Gasteiger partial charge in [0.1, 0.15) is 10.8 Å². The molecule has 0 radical (unpaired) electrons. The largest absolute Gasteiger partial charge is 0.354 e. The van der Waals surface area contributed by atoms with Crippen LogP contribution in [-0.2, 0) is 6.54 Å². The van der Waals surface area contributed by atoms with E-state index in [1.807, 2.05) is 30.6 Å². The van der Waals surface area contributed by atoms with Gasteiger partial charge >= 0.3 is 0 Å². The van der Waals surface area contributed by atoms with Crippen LogP contribution < -0.4 is 10.2 Å². The zero-order chi connectivity index (χ0) is 14.9. The molecule has 1 N–H and O–H groups in total. The molecule has 4 heterocycles. The number of fused-ring (bicyclic) bond motifs is 1. The summed E-state index contributed by atoms with van der Waals surface area (Å²) in [5.74, 6) is 2.48. The van der Waals surface area contributed by atoms with Gasteiger partial charge in [-0.25, -0.2) is 4.98 Å². The van der Waals surface area contributed by atoms with Crippen molar-refractivity contribution in [1.29, 1.82) is 0 Å². The SMILES string of the molecule is Cc1nnc2ccc(N3CC(CNCc4nccs4)C3)nn12. The van der Waals surface area contributed by atoms with E-state index in [-0.39, 0.29) is 0 Å². The van der Waals surface area contributed by atoms with Crippen LogP contribution in [0.5, 0.6) is 0 Å². The number of hydrogen-bond acceptors (Lipinski definition) is 7. The maximum absolute atomic E-state index is 4.60. The monoisotopic (exact) mass is 315 g/mol. The van der Waals surface area contributed by atoms with Gasteiger partial charge in [0.2, 0.25) is 0 Å². The Hall–Kier alpha value is -2.06. The standard InChI is InChI=1S/C14H17N7S/c1-10-17-18-12-2-3-13(19-21(10)12)20-8-11(9-20)6-15-7-14-16-4-5-22-14/h2-5,11,15H,6-9H2,1H3. The normalized spacial score (nSPS) is 15.4. The van der Waals surface area contributed by atoms with E-state index in [1.165, 1.54) is 0 Å². The van der Waals surface area contributed by atoms with Crippen molar-refractivity contribution in [3.8, 4) is 0 Å². The van der Waals surface area contributed by atoms with Crippen LogP contribution in [0, 0.1) is 12.8 Å². The molecular weight excluding hydrogens is 298 g/mol. The summed E-state index contributed by atoms with van der Waals surface area (Å²) in [6.07, 6.45) is 1.85. The fraction of sp³-hybridized carbons (Fsp3) is 0.429. The van der Waals surface area contributed by atoms with Crippen molar-refractivity contribution in [2.45, 2.75) is 13.5 Å². The van der Waals surface area contributed by atoms with E-state index >= 15 is 0 Å². The summed E-state index contributed by atoms with van der Waals surface area (Å²) in [6.45, 7) is 5.86. The lowest BCUT2D eigenvalue weighted by Gasteiger charge is -2.40. The Bertz CT molecular complexity index is 761. The average molecular weight is 315 g/mol. The highest BCUT2D eigenvalue weighted by Crippen LogP contribution is 2.22. The molecule has 0 spiro atoms. The molecule has 1 saturated heterocycles. The molecule has 3 aromatic rings. The summed E-state index contributed by atoms with van der Waals surface area (Å²) >= 11 is 1.69. The lowest BCUT2D eigenvalue weighted by atomic mass is 10.0. The number of hydrogen-bond donors (Lipinski definition) is 1. The van der Waals surface area contributed by atoms with Crippen LogP contribution in [0.3, 0.4) is 0 Å². The third kappa shape index (κ3) is 2.55. The average Bonchev–Trinajstić information content (AvgIpc) is 3.12. The Morgan fingerprint density at radius 3 is 3.05 bits per heavy atom. The molecule has 1 aliphatic heterocycles. The summed E-state index contributed by atoms with van der Waals surface area (Å²) in [7, 11) is 0. The van der Waals surface area contributed by atoms with Crippen LogP contribution >= 0.6 is 11.3 Å². The first-order valence-electron chi connectivity index (χ1n) is 7.33. The zero-order valence-electron chi connectivity index (χ0n) is 12.3. The van der Waals surface area contributed by atoms with Crippen molar-refractivity contribution in [3.05, 3.63) is 34.5 Å². The molecule has 0 amide bonds. The van der Waals surface area contributed by atoms with Crippen LogP contribution in [0.1, 0.15) is 10.8 Å². The van der Waals surface area contributed by atoms with Crippen molar-refractivity contribution in [2.75, 3.05) is 24.5 Å². The van der Waals surface area contributed by atoms with Gasteiger partial charge in [0.05, 0.1) is 0 Å². The van der Waals surface area contributed by atoms with Gasteiger partial charge in [0.15, 0.2) is 11.5 Å². The molecule has 0 aromatic carbocycles. The third-order valence-corrected chi connectivity index (χ3v) is 4.66. The minimum atomic E-state index is 0.666. The van der Waals surface area contributed by atoms with E-state index in [0.717, 1.165) is 48.5 Å². The first-order chi connectivity index (χ1) is 10.8. The van der Waals surface area contributed by atoms with Crippen molar-refractivity contribution >= 4 is 22.8 Å². The number of aryl methyl sites for hydroxylation is 1. The predicted molar refractivity (Wildman–Crippen MR) is 85.0 cm³/mol. The molecule has 114 valence electrons. The molecule has 0 bridgehead atoms. The van der Waals surface area contributed by atoms with Gasteiger partial charge in [-0.2, -0.15) is 4.52 Å². The fourth-order valence-corrected chi connectivity index (χ4v) is 3.25. The fourth-order valence-electron chi connectivity index (χ4n) is 2.66. The molecule has 0 aliphatic carbocycles. The van der Waals surface area contributed by atoms with Gasteiger partial charge in [0, 0.05) is 43.7 Å². The van der Waals surface area contributed by atoms with E-state index in [1.54, 1.807) is 15.9 Å². The molecule has 0 saturated carbocycles. The second kappa shape index (κ2) is 5.62. The van der Waals surface area contributed by atoms with Gasteiger partial charge < -0.3 is 10.2 Å². The Morgan fingerprint density at radius 1 is 1.32 bits per heavy atom. The summed E-state index contributed by atoms with van der Waals surface area (Å²) in [5, 5.41) is 19.3. The van der Waals surface area contributed by atoms with Crippen LogP contribution in [0.15, 0.2) is 23.7 Å². The van der Waals surface area contributed by atoms with Crippen molar-refractivity contribution in [2.24, 2.45) is 5.92 Å². The topological polar surface area (TPSA) is 71.2 Å². The van der Waals surface area contributed by atoms with Crippen molar-refractivity contribution < 1.29 is 0 Å². The second-order valence-corrected chi connectivity index (χ2v) is 6.52. The number of thiazole rings is 1. The summed E-state index contributed by atoms with van der Waals surface area (Å²) < 4.78 is 1.80. The van der Waals surface area contributed by atoms with Crippen molar-refractivity contribution in [1.82, 2.24) is 30.1 Å². The van der Waals surface area contributed by atoms with E-state index < -0.39 is 0 Å². The summed E-state index contributed by atoms with van der Waals surface area (Å²) in [5.41, 5.74) is 0.795. The lowest BCUT2D eigenvalue weighted by Crippen LogP contribution is -2.51. The molecule has 0 unspecified atom stereocenters. The minimum absolute atomic E-state index is 0.666. The molecule has 22 heavy (non-hydrogen) atoms. The van der Waals surface area contributed by atoms with Gasteiger partial charge in [-0.1, -0.05) is 0 Å². The van der Waals surface area contributed by atoms with E-state index in [9.17, 15) is 0 Å². The second-order valence-electron chi connectivity index (χ2n) is 5.54. The Kier molecular flexibility index (Phi) is 3.47. The Labute approximate surface area is 132 Å². The Morgan fingerprint density at radius 2 is 2.23 bits per heavy atom. The van der Waals surface area contributed by atoms with Crippen molar-refractivity contribution in [3.63, 3.8) is 0 Å². The van der Waals surface area contributed by atoms with E-state index in [4.69, 9.17) is 0 Å². The van der Waals surface area contributed by atoms with Gasteiger partial charge in [-0.15, -0.1) is 26.6 Å². The summed E-state index contributed by atoms with van der Waals surface area (Å²) in [4.78, 5) is 6.56. The van der Waals surface area contributed by atoms with E-state index in [2.05, 4.69) is 30.5 Å². The summed E-state index contributed by atoms with van der Waals surface area (Å²) in [6, 6.07) is 3.99. The molecular formula is C14H17N7S. The molecule has 7 nitrogen and oxygen atoms in total. The highest BCUT2D eigenvalue weighted by atomic mass is 32.1. The molecule has 3 aromatic heterocycles. The highest BCUT2D eigenvalue weighted by molar-refractivity contribution is 7.09. The van der Waals surface area contributed by atoms with Crippen LogP contribution in [0.2, 0.25) is 0 Å². The molecule has 4 rings (SSSR count). The molecule has 1 aliphatic rings. The van der Waals surface area contributed by atoms with Gasteiger partial charge in [-0.3, -0.25) is 0 Å². The van der Waals surface area contributed by atoms with Crippen LogP contribution in [0.25, 0.3) is 5.65 Å². The lowest BCUT2D eigenvalue weighted by molar-refractivity contribution is 0.381. The Balaban J connectivity index is 1.31. The molecule has 0 atom stereocenters. The van der Waals surface area contributed by atoms with Crippen LogP contribution in [-0.4, -0.2) is 44.4 Å². The smallest absolute Gasteiger partial charge is 0.178 e. The predicted octanol–water partition coefficient (Wildman–Crippen LogP) is 1.12. The number of anilines is 1. The number of aromatic nitrogens is 5. The van der Waals surface area contributed by atoms with Crippen LogP contribution in [0.4, 0.5) is 5.82 Å². The number of nitrogens with zero attached hydrogens (tertiary/aromatic N) is 6. The van der Waals surface area contributed by atoms with Gasteiger partial charge in [0.25, 0.3) is 0 Å².